The second-order valence-corrected chi connectivity index (χ2v) is 10.1. The molecule has 3 atom stereocenters. The summed E-state index contributed by atoms with van der Waals surface area (Å²) in [5.41, 5.74) is 2.48. The lowest BCUT2D eigenvalue weighted by Gasteiger charge is -2.38. The number of rotatable bonds is 4. The summed E-state index contributed by atoms with van der Waals surface area (Å²) in [6.07, 6.45) is 4.36. The molecule has 0 spiro atoms. The van der Waals surface area contributed by atoms with Crippen LogP contribution >= 0.6 is 11.3 Å². The molecule has 0 amide bonds. The Morgan fingerprint density at radius 2 is 1.87 bits per heavy atom. The van der Waals surface area contributed by atoms with E-state index in [2.05, 4.69) is 5.32 Å². The van der Waals surface area contributed by atoms with Crippen LogP contribution in [0.1, 0.15) is 61.6 Å². The van der Waals surface area contributed by atoms with Crippen LogP contribution in [0.25, 0.3) is 0 Å². The maximum Gasteiger partial charge on any atom is 0.337 e. The van der Waals surface area contributed by atoms with Crippen molar-refractivity contribution in [1.82, 2.24) is 5.32 Å². The molecule has 1 aliphatic heterocycles. The van der Waals surface area contributed by atoms with Crippen molar-refractivity contribution in [3.8, 4) is 0 Å². The highest BCUT2D eigenvalue weighted by atomic mass is 32.1. The van der Waals surface area contributed by atoms with Crippen molar-refractivity contribution in [3.63, 3.8) is 0 Å². The highest BCUT2D eigenvalue weighted by Gasteiger charge is 2.47. The molecule has 6 nitrogen and oxygen atoms in total. The average molecular weight is 444 g/mol. The van der Waals surface area contributed by atoms with Gasteiger partial charge in [-0.2, -0.15) is 0 Å². The summed E-state index contributed by atoms with van der Waals surface area (Å²) >= 11 is 1.56. The number of thiophene rings is 1. The van der Waals surface area contributed by atoms with E-state index in [1.807, 2.05) is 32.9 Å². The van der Waals surface area contributed by atoms with Gasteiger partial charge in [-0.25, -0.2) is 4.79 Å². The van der Waals surface area contributed by atoms with Gasteiger partial charge in [-0.3, -0.25) is 9.59 Å². The number of aryl methyl sites for hydroxylation is 1. The van der Waals surface area contributed by atoms with E-state index in [0.29, 0.717) is 23.3 Å². The quantitative estimate of drug-likeness (QED) is 0.556. The molecular weight excluding hydrogens is 414 g/mol. The molecule has 3 aliphatic rings. The molecule has 7 heteroatoms. The highest BCUT2D eigenvalue weighted by molar-refractivity contribution is 7.12. The van der Waals surface area contributed by atoms with Gasteiger partial charge in [0.1, 0.15) is 12.0 Å². The van der Waals surface area contributed by atoms with Gasteiger partial charge < -0.3 is 14.8 Å². The van der Waals surface area contributed by atoms with E-state index in [1.165, 1.54) is 7.11 Å². The van der Waals surface area contributed by atoms with Gasteiger partial charge >= 0.3 is 11.9 Å². The van der Waals surface area contributed by atoms with Crippen molar-refractivity contribution in [3.05, 3.63) is 44.4 Å². The predicted molar refractivity (Wildman–Crippen MR) is 117 cm³/mol. The first-order valence-electron chi connectivity index (χ1n) is 10.9. The lowest BCUT2D eigenvalue weighted by Crippen LogP contribution is -2.43. The maximum absolute atomic E-state index is 13.6. The van der Waals surface area contributed by atoms with Gasteiger partial charge in [0.15, 0.2) is 5.78 Å². The topological polar surface area (TPSA) is 81.7 Å². The zero-order valence-electron chi connectivity index (χ0n) is 18.4. The molecule has 0 aromatic carbocycles. The zero-order chi connectivity index (χ0) is 22.3. The van der Waals surface area contributed by atoms with Gasteiger partial charge in [0, 0.05) is 26.7 Å². The number of nitrogens with one attached hydrogen (secondary N) is 1. The fraction of sp³-hybridized carbons (Fsp3) is 0.542. The summed E-state index contributed by atoms with van der Waals surface area (Å²) in [7, 11) is 1.31. The van der Waals surface area contributed by atoms with Crippen LogP contribution in [0, 0.1) is 18.8 Å². The molecule has 2 heterocycles. The van der Waals surface area contributed by atoms with Crippen molar-refractivity contribution >= 4 is 29.1 Å². The molecule has 166 valence electrons. The van der Waals surface area contributed by atoms with Crippen molar-refractivity contribution in [2.24, 2.45) is 11.8 Å². The molecule has 1 N–H and O–H groups in total. The monoisotopic (exact) mass is 443 g/mol. The molecule has 0 radical (unpaired) electrons. The van der Waals surface area contributed by atoms with Gasteiger partial charge in [0.2, 0.25) is 0 Å². The Kier molecular flexibility index (Phi) is 6.06. The number of hydrogen-bond acceptors (Lipinski definition) is 7. The standard InChI is InChI=1S/C24H29NO5S/c1-12-11-16-20(22(26)18(12)23(27)29-4)21(17-10-9-13(2)31-17)19(14(3)25-16)24(28)30-15-7-5-6-8-15/h9-10,12,15,18,21,25H,5-8,11H2,1-4H3/t12-,18+,21-/m1/s1. The molecule has 31 heavy (non-hydrogen) atoms. The van der Waals surface area contributed by atoms with Gasteiger partial charge in [0.25, 0.3) is 0 Å². The van der Waals surface area contributed by atoms with Crippen LogP contribution in [-0.4, -0.2) is 30.9 Å². The van der Waals surface area contributed by atoms with Gasteiger partial charge in [-0.05, 0) is 64.0 Å². The number of carbonyl (C=O) groups excluding carboxylic acids is 3. The van der Waals surface area contributed by atoms with Crippen LogP contribution in [0.4, 0.5) is 0 Å². The molecule has 1 aromatic rings. The van der Waals surface area contributed by atoms with E-state index in [0.717, 1.165) is 41.1 Å². The number of carbonyl (C=O) groups is 3. The Morgan fingerprint density at radius 3 is 2.48 bits per heavy atom. The first-order chi connectivity index (χ1) is 14.8. The minimum atomic E-state index is -0.861. The Morgan fingerprint density at radius 1 is 1.16 bits per heavy atom. The smallest absolute Gasteiger partial charge is 0.337 e. The second kappa shape index (κ2) is 8.61. The lowest BCUT2D eigenvalue weighted by molar-refractivity contribution is -0.151. The van der Waals surface area contributed by atoms with Gasteiger partial charge in [-0.15, -0.1) is 11.3 Å². The van der Waals surface area contributed by atoms with Gasteiger partial charge in [0.05, 0.1) is 18.6 Å². The van der Waals surface area contributed by atoms with E-state index in [9.17, 15) is 14.4 Å². The van der Waals surface area contributed by atoms with E-state index >= 15 is 0 Å². The summed E-state index contributed by atoms with van der Waals surface area (Å²) in [5, 5.41) is 3.31. The number of esters is 2. The Balaban J connectivity index is 1.78. The first-order valence-corrected chi connectivity index (χ1v) is 11.7. The molecule has 0 bridgehead atoms. The van der Waals surface area contributed by atoms with E-state index in [-0.39, 0.29) is 23.8 Å². The third kappa shape index (κ3) is 3.95. The van der Waals surface area contributed by atoms with Crippen LogP contribution in [-0.2, 0) is 23.9 Å². The fourth-order valence-corrected chi connectivity index (χ4v) is 6.06. The minimum Gasteiger partial charge on any atom is -0.468 e. The largest absolute Gasteiger partial charge is 0.468 e. The number of Topliss-reactive ketones (excluding diaryl/α,β-unsaturated/α-hetero) is 1. The number of ketones is 1. The summed E-state index contributed by atoms with van der Waals surface area (Å²) in [6, 6.07) is 3.96. The van der Waals surface area contributed by atoms with E-state index < -0.39 is 17.8 Å². The summed E-state index contributed by atoms with van der Waals surface area (Å²) in [6.45, 7) is 5.75. The van der Waals surface area contributed by atoms with E-state index in [1.54, 1.807) is 11.3 Å². The number of hydrogen-bond donors (Lipinski definition) is 1. The number of methoxy groups -OCH3 is 1. The normalized spacial score (nSPS) is 26.6. The maximum atomic E-state index is 13.6. The highest BCUT2D eigenvalue weighted by Crippen LogP contribution is 2.47. The van der Waals surface area contributed by atoms with Crippen LogP contribution in [0.15, 0.2) is 34.7 Å². The molecule has 1 saturated carbocycles. The van der Waals surface area contributed by atoms with Crippen molar-refractivity contribution in [2.45, 2.75) is 64.9 Å². The summed E-state index contributed by atoms with van der Waals surface area (Å²) < 4.78 is 10.8. The SMILES string of the molecule is COC(=O)[C@@H]1C(=O)C2=C(C[C@H]1C)NC(C)=C(C(=O)OC1CCCC1)[C@H]2c1ccc(C)s1. The van der Waals surface area contributed by atoms with Gasteiger partial charge in [-0.1, -0.05) is 6.92 Å². The second-order valence-electron chi connectivity index (χ2n) is 8.80. The van der Waals surface area contributed by atoms with Crippen LogP contribution in [0.3, 0.4) is 0 Å². The average Bonchev–Trinajstić information content (AvgIpc) is 3.38. The number of ether oxygens (including phenoxy) is 2. The third-order valence-corrected chi connectivity index (χ3v) is 7.65. The Hall–Kier alpha value is -2.41. The number of allylic oxidation sites excluding steroid dienone is 3. The molecule has 1 aromatic heterocycles. The summed E-state index contributed by atoms with van der Waals surface area (Å²) in [5.74, 6) is -2.73. The molecule has 0 saturated heterocycles. The van der Waals surface area contributed by atoms with E-state index in [4.69, 9.17) is 9.47 Å². The van der Waals surface area contributed by atoms with Crippen molar-refractivity contribution in [1.29, 1.82) is 0 Å². The summed E-state index contributed by atoms with van der Waals surface area (Å²) in [4.78, 5) is 41.4. The van der Waals surface area contributed by atoms with Crippen molar-refractivity contribution < 1.29 is 23.9 Å². The lowest BCUT2D eigenvalue weighted by atomic mass is 9.70. The molecule has 2 aliphatic carbocycles. The van der Waals surface area contributed by atoms with Crippen LogP contribution in [0.5, 0.6) is 0 Å². The third-order valence-electron chi connectivity index (χ3n) is 6.58. The van der Waals surface area contributed by atoms with Crippen LogP contribution in [0.2, 0.25) is 0 Å². The predicted octanol–water partition coefficient (Wildman–Crippen LogP) is 4.16. The van der Waals surface area contributed by atoms with Crippen LogP contribution < -0.4 is 5.32 Å². The first kappa shape index (κ1) is 21.8. The Labute approximate surface area is 186 Å². The zero-order valence-corrected chi connectivity index (χ0v) is 19.3. The molecule has 4 rings (SSSR count). The molecule has 1 fully saturated rings. The fourth-order valence-electron chi connectivity index (χ4n) is 5.07. The molecular formula is C24H29NO5S. The minimum absolute atomic E-state index is 0.0706. The number of dihydropyridines is 1. The molecule has 0 unspecified atom stereocenters. The Bertz CT molecular complexity index is 982. The van der Waals surface area contributed by atoms with Crippen molar-refractivity contribution in [2.75, 3.05) is 7.11 Å².